The van der Waals surface area contributed by atoms with Crippen LogP contribution >= 0.6 is 0 Å². The van der Waals surface area contributed by atoms with Gasteiger partial charge in [-0.15, -0.1) is 6.58 Å². The first-order valence-corrected chi connectivity index (χ1v) is 4.93. The zero-order valence-electron chi connectivity index (χ0n) is 8.59. The zero-order valence-corrected chi connectivity index (χ0v) is 8.59. The van der Waals surface area contributed by atoms with Gasteiger partial charge in [0.1, 0.15) is 0 Å². The lowest BCUT2D eigenvalue weighted by molar-refractivity contribution is 0.863. The summed E-state index contributed by atoms with van der Waals surface area (Å²) in [6.45, 7) is 8.16. The fraction of sp³-hybridized carbons (Fsp3) is 0.385. The first-order valence-electron chi connectivity index (χ1n) is 4.93. The summed E-state index contributed by atoms with van der Waals surface area (Å²) in [5, 5.41) is 0. The topological polar surface area (TPSA) is 0 Å². The molecule has 1 aromatic carbocycles. The van der Waals surface area contributed by atoms with Gasteiger partial charge in [0.05, 0.1) is 0 Å². The predicted molar refractivity (Wildman–Crippen MR) is 59.0 cm³/mol. The quantitative estimate of drug-likeness (QED) is 0.607. The van der Waals surface area contributed by atoms with E-state index >= 15 is 0 Å². The molecule has 0 amide bonds. The van der Waals surface area contributed by atoms with Gasteiger partial charge in [-0.3, -0.25) is 0 Å². The minimum atomic E-state index is 0.633. The first kappa shape index (κ1) is 10.0. The number of rotatable bonds is 4. The Balaban J connectivity index is 2.64. The molecule has 1 rings (SSSR count). The molecular weight excluding hydrogens is 156 g/mol. The maximum atomic E-state index is 3.72. The second-order valence-electron chi connectivity index (χ2n) is 3.72. The van der Waals surface area contributed by atoms with Crippen LogP contribution in [0.25, 0.3) is 0 Å². The molecule has 0 radical (unpaired) electrons. The third-order valence-electron chi connectivity index (χ3n) is 2.28. The molecule has 0 heteroatoms. The largest absolute Gasteiger partial charge is 0.103 e. The van der Waals surface area contributed by atoms with Gasteiger partial charge in [-0.1, -0.05) is 44.2 Å². The van der Waals surface area contributed by atoms with Crippen LogP contribution in [0.3, 0.4) is 0 Å². The molecule has 0 nitrogen and oxygen atoms in total. The van der Waals surface area contributed by atoms with Gasteiger partial charge in [-0.25, -0.2) is 0 Å². The molecule has 0 N–H and O–H groups in total. The zero-order chi connectivity index (χ0) is 9.68. The Bertz CT molecular complexity index is 254. The molecule has 0 heterocycles. The van der Waals surface area contributed by atoms with Gasteiger partial charge in [0.15, 0.2) is 0 Å². The lowest BCUT2D eigenvalue weighted by atomic mass is 10.0. The van der Waals surface area contributed by atoms with E-state index in [-0.39, 0.29) is 0 Å². The van der Waals surface area contributed by atoms with Gasteiger partial charge < -0.3 is 0 Å². The lowest BCUT2D eigenvalue weighted by Crippen LogP contribution is -1.88. The average molecular weight is 174 g/mol. The minimum absolute atomic E-state index is 0.633. The van der Waals surface area contributed by atoms with Crippen LogP contribution in [0, 0.1) is 0 Å². The average Bonchev–Trinajstić information content (AvgIpc) is 2.15. The van der Waals surface area contributed by atoms with Crippen LogP contribution in [-0.2, 0) is 6.42 Å². The van der Waals surface area contributed by atoms with Crippen LogP contribution in [0.4, 0.5) is 0 Å². The SMILES string of the molecule is C=CCCc1ccc(C(C)C)cc1. The van der Waals surface area contributed by atoms with Gasteiger partial charge in [-0.05, 0) is 29.9 Å². The van der Waals surface area contributed by atoms with Gasteiger partial charge in [-0.2, -0.15) is 0 Å². The summed E-state index contributed by atoms with van der Waals surface area (Å²) >= 11 is 0. The van der Waals surface area contributed by atoms with Crippen molar-refractivity contribution in [2.45, 2.75) is 32.6 Å². The summed E-state index contributed by atoms with van der Waals surface area (Å²) in [5.74, 6) is 0.633. The van der Waals surface area contributed by atoms with Gasteiger partial charge in [0.25, 0.3) is 0 Å². The number of aryl methyl sites for hydroxylation is 1. The van der Waals surface area contributed by atoms with E-state index in [4.69, 9.17) is 0 Å². The Morgan fingerprint density at radius 3 is 2.31 bits per heavy atom. The molecule has 0 unspecified atom stereocenters. The van der Waals surface area contributed by atoms with Crippen molar-refractivity contribution in [2.24, 2.45) is 0 Å². The molecule has 13 heavy (non-hydrogen) atoms. The first-order chi connectivity index (χ1) is 6.24. The van der Waals surface area contributed by atoms with Gasteiger partial charge in [0, 0.05) is 0 Å². The molecule has 0 aliphatic carbocycles. The van der Waals surface area contributed by atoms with E-state index in [0.717, 1.165) is 12.8 Å². The molecular formula is C13H18. The predicted octanol–water partition coefficient (Wildman–Crippen LogP) is 3.93. The third-order valence-corrected chi connectivity index (χ3v) is 2.28. The van der Waals surface area contributed by atoms with E-state index < -0.39 is 0 Å². The molecule has 0 fully saturated rings. The van der Waals surface area contributed by atoms with E-state index in [0.29, 0.717) is 5.92 Å². The Kier molecular flexibility index (Phi) is 3.75. The van der Waals surface area contributed by atoms with Crippen LogP contribution in [0.15, 0.2) is 36.9 Å². The Hall–Kier alpha value is -1.04. The number of benzene rings is 1. The minimum Gasteiger partial charge on any atom is -0.103 e. The van der Waals surface area contributed by atoms with Crippen molar-refractivity contribution in [3.05, 3.63) is 48.0 Å². The van der Waals surface area contributed by atoms with Crippen molar-refractivity contribution in [1.82, 2.24) is 0 Å². The number of hydrogen-bond donors (Lipinski definition) is 0. The number of hydrogen-bond acceptors (Lipinski definition) is 0. The van der Waals surface area contributed by atoms with Crippen LogP contribution < -0.4 is 0 Å². The summed E-state index contributed by atoms with van der Waals surface area (Å²) in [4.78, 5) is 0. The summed E-state index contributed by atoms with van der Waals surface area (Å²) < 4.78 is 0. The third kappa shape index (κ3) is 3.06. The smallest absolute Gasteiger partial charge is 0.0219 e. The monoisotopic (exact) mass is 174 g/mol. The van der Waals surface area contributed by atoms with Crippen LogP contribution in [-0.4, -0.2) is 0 Å². The maximum absolute atomic E-state index is 3.72. The normalized spacial score (nSPS) is 10.4. The fourth-order valence-electron chi connectivity index (χ4n) is 1.34. The highest BCUT2D eigenvalue weighted by molar-refractivity contribution is 5.24. The molecule has 0 saturated heterocycles. The standard InChI is InChI=1S/C13H18/c1-4-5-6-12-7-9-13(10-8-12)11(2)3/h4,7-11H,1,5-6H2,2-3H3. The maximum Gasteiger partial charge on any atom is -0.0219 e. The second-order valence-corrected chi connectivity index (χ2v) is 3.72. The van der Waals surface area contributed by atoms with Crippen molar-refractivity contribution in [3.8, 4) is 0 Å². The van der Waals surface area contributed by atoms with E-state index in [1.54, 1.807) is 0 Å². The molecule has 0 aliphatic rings. The molecule has 1 aromatic rings. The van der Waals surface area contributed by atoms with Crippen molar-refractivity contribution in [2.75, 3.05) is 0 Å². The van der Waals surface area contributed by atoms with Gasteiger partial charge >= 0.3 is 0 Å². The Morgan fingerprint density at radius 1 is 1.23 bits per heavy atom. The summed E-state index contributed by atoms with van der Waals surface area (Å²) in [6, 6.07) is 8.89. The second kappa shape index (κ2) is 4.86. The molecule has 0 spiro atoms. The summed E-state index contributed by atoms with van der Waals surface area (Å²) in [6.07, 6.45) is 4.15. The molecule has 0 aliphatic heterocycles. The van der Waals surface area contributed by atoms with Gasteiger partial charge in [0.2, 0.25) is 0 Å². The van der Waals surface area contributed by atoms with E-state index in [1.807, 2.05) is 6.08 Å². The number of allylic oxidation sites excluding steroid dienone is 1. The van der Waals surface area contributed by atoms with Crippen LogP contribution in [0.5, 0.6) is 0 Å². The fourth-order valence-corrected chi connectivity index (χ4v) is 1.34. The highest BCUT2D eigenvalue weighted by Gasteiger charge is 1.97. The van der Waals surface area contributed by atoms with E-state index in [1.165, 1.54) is 11.1 Å². The molecule has 0 aromatic heterocycles. The molecule has 0 saturated carbocycles. The van der Waals surface area contributed by atoms with E-state index in [2.05, 4.69) is 44.7 Å². The van der Waals surface area contributed by atoms with E-state index in [9.17, 15) is 0 Å². The van der Waals surface area contributed by atoms with Crippen molar-refractivity contribution >= 4 is 0 Å². The summed E-state index contributed by atoms with van der Waals surface area (Å²) in [5.41, 5.74) is 2.83. The summed E-state index contributed by atoms with van der Waals surface area (Å²) in [7, 11) is 0. The highest BCUT2D eigenvalue weighted by atomic mass is 14.0. The molecule has 0 atom stereocenters. The lowest BCUT2D eigenvalue weighted by Gasteiger charge is -2.05. The van der Waals surface area contributed by atoms with Crippen LogP contribution in [0.2, 0.25) is 0 Å². The Labute approximate surface area is 81.3 Å². The van der Waals surface area contributed by atoms with Crippen LogP contribution in [0.1, 0.15) is 37.3 Å². The van der Waals surface area contributed by atoms with Crippen molar-refractivity contribution in [3.63, 3.8) is 0 Å². The van der Waals surface area contributed by atoms with Crippen molar-refractivity contribution in [1.29, 1.82) is 0 Å². The Morgan fingerprint density at radius 2 is 1.85 bits per heavy atom. The highest BCUT2D eigenvalue weighted by Crippen LogP contribution is 2.15. The molecule has 0 bridgehead atoms. The molecule has 70 valence electrons. The van der Waals surface area contributed by atoms with Crippen molar-refractivity contribution < 1.29 is 0 Å².